The van der Waals surface area contributed by atoms with E-state index in [4.69, 9.17) is 5.10 Å². The number of para-hydroxylation sites is 1. The van der Waals surface area contributed by atoms with Crippen molar-refractivity contribution in [2.45, 2.75) is 11.8 Å². The van der Waals surface area contributed by atoms with E-state index in [9.17, 15) is 4.79 Å². The van der Waals surface area contributed by atoms with Crippen molar-refractivity contribution in [2.75, 3.05) is 5.01 Å². The Kier molecular flexibility index (Phi) is 4.42. The van der Waals surface area contributed by atoms with Gasteiger partial charge in [0.05, 0.1) is 0 Å². The molecule has 2 aromatic heterocycles. The van der Waals surface area contributed by atoms with Crippen molar-refractivity contribution in [1.82, 2.24) is 0 Å². The molecule has 6 heteroatoms. The molecule has 3 heterocycles. The summed E-state index contributed by atoms with van der Waals surface area (Å²) in [7, 11) is 0. The standard InChI is InChI=1S/C18H14N2OSSe2/c1-13(21)17-19-20(14-7-3-2-4-8-14)18(22-17,15-9-5-11-23-15)16-10-6-12-24-16/h2-12H,1H3. The van der Waals surface area contributed by atoms with Gasteiger partial charge >= 0.3 is 157 Å². The normalized spacial score (nSPS) is 16.2. The minimum absolute atomic E-state index is 0.0286. The monoisotopic (exact) mass is 466 g/mol. The number of hydrogen-bond donors (Lipinski definition) is 0. The van der Waals surface area contributed by atoms with Crippen LogP contribution >= 0.6 is 11.8 Å². The molecule has 0 radical (unpaired) electrons. The van der Waals surface area contributed by atoms with Crippen LogP contribution in [0.2, 0.25) is 0 Å². The first kappa shape index (κ1) is 16.2. The second-order valence-electron chi connectivity index (χ2n) is 5.31. The summed E-state index contributed by atoms with van der Waals surface area (Å²) >= 11 is 2.16. The van der Waals surface area contributed by atoms with Gasteiger partial charge < -0.3 is 0 Å². The van der Waals surface area contributed by atoms with Gasteiger partial charge in [-0.1, -0.05) is 0 Å². The minimum atomic E-state index is -0.393. The quantitative estimate of drug-likeness (QED) is 0.557. The molecule has 0 unspecified atom stereocenters. The van der Waals surface area contributed by atoms with Crippen LogP contribution < -0.4 is 5.01 Å². The first-order valence-electron chi connectivity index (χ1n) is 7.43. The maximum atomic E-state index is 12.1. The van der Waals surface area contributed by atoms with Crippen molar-refractivity contribution in [3.63, 3.8) is 0 Å². The van der Waals surface area contributed by atoms with Crippen LogP contribution in [0, 0.1) is 0 Å². The molecule has 0 N–H and O–H groups in total. The average molecular weight is 464 g/mol. The average Bonchev–Trinajstić information content (AvgIpc) is 3.34. The Labute approximate surface area is 156 Å². The summed E-state index contributed by atoms with van der Waals surface area (Å²) < 4.78 is 2.70. The molecule has 4 rings (SSSR count). The van der Waals surface area contributed by atoms with Gasteiger partial charge in [0, 0.05) is 0 Å². The topological polar surface area (TPSA) is 32.7 Å². The predicted molar refractivity (Wildman–Crippen MR) is 102 cm³/mol. The van der Waals surface area contributed by atoms with Gasteiger partial charge in [0.1, 0.15) is 0 Å². The van der Waals surface area contributed by atoms with Gasteiger partial charge in [-0.05, 0) is 0 Å². The summed E-state index contributed by atoms with van der Waals surface area (Å²) in [4.78, 5) is 16.2. The Morgan fingerprint density at radius 1 is 1.00 bits per heavy atom. The van der Waals surface area contributed by atoms with Gasteiger partial charge in [0.2, 0.25) is 0 Å². The number of thioether (sulfide) groups is 1. The molecular weight excluding hydrogens is 450 g/mol. The van der Waals surface area contributed by atoms with E-state index in [-0.39, 0.29) is 34.8 Å². The summed E-state index contributed by atoms with van der Waals surface area (Å²) in [6.45, 7) is 1.60. The molecule has 0 saturated carbocycles. The van der Waals surface area contributed by atoms with Crippen molar-refractivity contribution >= 4 is 57.3 Å². The Morgan fingerprint density at radius 3 is 2.12 bits per heavy atom. The van der Waals surface area contributed by atoms with Crippen LogP contribution in [0.5, 0.6) is 0 Å². The Hall–Kier alpha value is -1.29. The molecule has 1 aliphatic rings. The molecule has 24 heavy (non-hydrogen) atoms. The summed E-state index contributed by atoms with van der Waals surface area (Å²) in [5, 5.41) is 7.40. The summed E-state index contributed by atoms with van der Waals surface area (Å²) in [5.74, 6) is 0.0286. The molecule has 0 spiro atoms. The van der Waals surface area contributed by atoms with E-state index in [0.717, 1.165) is 5.69 Å². The first-order valence-corrected chi connectivity index (χ1v) is 11.9. The zero-order chi connectivity index (χ0) is 16.6. The molecule has 0 saturated heterocycles. The molecule has 3 nitrogen and oxygen atoms in total. The number of carbonyl (C=O) groups is 1. The molecule has 0 atom stereocenters. The molecule has 0 bridgehead atoms. The second-order valence-corrected chi connectivity index (χ2v) is 10.5. The molecular formula is C18H14N2OSSe2. The fraction of sp³-hybridized carbons (Fsp3) is 0.111. The third kappa shape index (κ3) is 2.59. The zero-order valence-electron chi connectivity index (χ0n) is 12.9. The summed E-state index contributed by atoms with van der Waals surface area (Å²) in [5.41, 5.74) is 1.02. The van der Waals surface area contributed by atoms with Crippen LogP contribution in [0.4, 0.5) is 5.69 Å². The van der Waals surface area contributed by atoms with E-state index in [1.165, 1.54) is 8.87 Å². The maximum absolute atomic E-state index is 12.1. The number of rotatable bonds is 4. The molecule has 1 aromatic carbocycles. The molecule has 120 valence electrons. The fourth-order valence-electron chi connectivity index (χ4n) is 2.69. The van der Waals surface area contributed by atoms with Crippen LogP contribution in [0.3, 0.4) is 0 Å². The van der Waals surface area contributed by atoms with E-state index >= 15 is 0 Å². The van der Waals surface area contributed by atoms with Gasteiger partial charge in [-0.2, -0.15) is 0 Å². The third-order valence-electron chi connectivity index (χ3n) is 3.75. The van der Waals surface area contributed by atoms with Crippen LogP contribution in [0.1, 0.15) is 15.8 Å². The summed E-state index contributed by atoms with van der Waals surface area (Å²) in [6.07, 6.45) is 0. The SMILES string of the molecule is CC(=O)C1=NN(c2ccccc2)C(c2ccc[se]2)(c2ccc[se]2)S1. The molecule has 0 aliphatic carbocycles. The van der Waals surface area contributed by atoms with Crippen LogP contribution in [-0.2, 0) is 9.67 Å². The van der Waals surface area contributed by atoms with E-state index in [1.807, 2.05) is 18.2 Å². The zero-order valence-corrected chi connectivity index (χ0v) is 17.1. The number of anilines is 1. The molecule has 0 fully saturated rings. The number of carbonyl (C=O) groups excluding carboxylic acids is 1. The van der Waals surface area contributed by atoms with Gasteiger partial charge in [0.15, 0.2) is 0 Å². The number of ketones is 1. The Bertz CT molecular complexity index is 839. The number of Topliss-reactive ketones (excluding diaryl/α,β-unsaturated/α-hetero) is 1. The van der Waals surface area contributed by atoms with Crippen molar-refractivity contribution in [1.29, 1.82) is 0 Å². The van der Waals surface area contributed by atoms with E-state index in [0.29, 0.717) is 5.04 Å². The Morgan fingerprint density at radius 2 is 1.62 bits per heavy atom. The molecule has 1 aliphatic heterocycles. The Balaban J connectivity index is 1.96. The van der Waals surface area contributed by atoms with Crippen molar-refractivity contribution in [3.8, 4) is 0 Å². The van der Waals surface area contributed by atoms with Gasteiger partial charge in [-0.15, -0.1) is 0 Å². The van der Waals surface area contributed by atoms with Gasteiger partial charge in [0.25, 0.3) is 0 Å². The number of hydrazone groups is 1. The molecule has 0 amide bonds. The van der Waals surface area contributed by atoms with Gasteiger partial charge in [-0.25, -0.2) is 0 Å². The van der Waals surface area contributed by atoms with E-state index in [2.05, 4.69) is 51.3 Å². The number of nitrogens with zero attached hydrogens (tertiary/aromatic N) is 2. The number of benzene rings is 1. The number of hydrogen-bond acceptors (Lipinski definition) is 4. The van der Waals surface area contributed by atoms with E-state index < -0.39 is 4.87 Å². The van der Waals surface area contributed by atoms with Crippen LogP contribution in [-0.4, -0.2) is 39.8 Å². The van der Waals surface area contributed by atoms with Crippen molar-refractivity contribution in [2.24, 2.45) is 5.10 Å². The molecule has 3 aromatic rings. The van der Waals surface area contributed by atoms with Gasteiger partial charge in [-0.3, -0.25) is 0 Å². The van der Waals surface area contributed by atoms with Crippen molar-refractivity contribution < 1.29 is 4.79 Å². The van der Waals surface area contributed by atoms with Crippen LogP contribution in [0.25, 0.3) is 0 Å². The predicted octanol–water partition coefficient (Wildman–Crippen LogP) is 3.16. The van der Waals surface area contributed by atoms with Crippen molar-refractivity contribution in [3.05, 3.63) is 73.4 Å². The van der Waals surface area contributed by atoms with Crippen LogP contribution in [0.15, 0.2) is 69.6 Å². The fourth-order valence-corrected chi connectivity index (χ4v) is 8.59. The third-order valence-corrected chi connectivity index (χ3v) is 9.91. The summed E-state index contributed by atoms with van der Waals surface area (Å²) in [6, 6.07) is 18.8. The second kappa shape index (κ2) is 6.55. The first-order chi connectivity index (χ1) is 11.7. The van der Waals surface area contributed by atoms with E-state index in [1.54, 1.807) is 18.7 Å².